The van der Waals surface area contributed by atoms with Gasteiger partial charge in [-0.25, -0.2) is 0 Å². The molecule has 12 heavy (non-hydrogen) atoms. The molecule has 0 saturated carbocycles. The molecule has 0 aromatic carbocycles. The highest BCUT2D eigenvalue weighted by Crippen LogP contribution is 1.90. The standard InChI is InChI=1S/C8H13NO.C2H6/c1-7(2)5-6-8(10)9(3)4;1-2/h5-6H,1H2,2-4H3;1-2H3/b6-5-;. The van der Waals surface area contributed by atoms with Gasteiger partial charge in [-0.1, -0.05) is 32.1 Å². The highest BCUT2D eigenvalue weighted by Gasteiger charge is 1.94. The van der Waals surface area contributed by atoms with Gasteiger partial charge in [0.1, 0.15) is 0 Å². The van der Waals surface area contributed by atoms with Crippen LogP contribution in [0.5, 0.6) is 0 Å². The van der Waals surface area contributed by atoms with Crippen LogP contribution in [0.4, 0.5) is 0 Å². The van der Waals surface area contributed by atoms with Gasteiger partial charge >= 0.3 is 0 Å². The van der Waals surface area contributed by atoms with Gasteiger partial charge in [0.05, 0.1) is 0 Å². The minimum Gasteiger partial charge on any atom is -0.345 e. The number of amides is 1. The van der Waals surface area contributed by atoms with Crippen molar-refractivity contribution in [3.63, 3.8) is 0 Å². The normalized spacial score (nSPS) is 8.75. The fourth-order valence-electron chi connectivity index (χ4n) is 0.363. The molecule has 0 atom stereocenters. The summed E-state index contributed by atoms with van der Waals surface area (Å²) in [5.74, 6) is -0.0111. The zero-order valence-electron chi connectivity index (χ0n) is 8.72. The number of carbonyl (C=O) groups excluding carboxylic acids is 1. The van der Waals surface area contributed by atoms with E-state index in [1.54, 1.807) is 20.2 Å². The second-order valence-corrected chi connectivity index (χ2v) is 2.41. The predicted molar refractivity (Wildman–Crippen MR) is 54.0 cm³/mol. The zero-order chi connectivity index (χ0) is 10.1. The van der Waals surface area contributed by atoms with Crippen molar-refractivity contribution >= 4 is 5.91 Å². The highest BCUT2D eigenvalue weighted by molar-refractivity contribution is 5.87. The Kier molecular flexibility index (Phi) is 9.08. The molecular formula is C10H19NO. The summed E-state index contributed by atoms with van der Waals surface area (Å²) < 4.78 is 0. The first kappa shape index (κ1) is 13.5. The molecule has 0 radical (unpaired) electrons. The number of allylic oxidation sites excluding steroid dienone is 2. The number of hydrogen-bond acceptors (Lipinski definition) is 1. The number of hydrogen-bond donors (Lipinski definition) is 0. The van der Waals surface area contributed by atoms with Crippen LogP contribution < -0.4 is 0 Å². The van der Waals surface area contributed by atoms with E-state index >= 15 is 0 Å². The van der Waals surface area contributed by atoms with Crippen molar-refractivity contribution in [2.45, 2.75) is 20.8 Å². The molecule has 0 fully saturated rings. The molecule has 0 unspecified atom stereocenters. The van der Waals surface area contributed by atoms with Gasteiger partial charge in [0.2, 0.25) is 5.91 Å². The largest absolute Gasteiger partial charge is 0.345 e. The van der Waals surface area contributed by atoms with E-state index in [4.69, 9.17) is 0 Å². The average Bonchev–Trinajstić information content (AvgIpc) is 2.03. The Labute approximate surface area is 75.6 Å². The Bertz CT molecular complexity index is 169. The van der Waals surface area contributed by atoms with E-state index in [1.165, 1.54) is 11.0 Å². The van der Waals surface area contributed by atoms with Gasteiger partial charge in [0.15, 0.2) is 0 Å². The summed E-state index contributed by atoms with van der Waals surface area (Å²) in [4.78, 5) is 12.4. The van der Waals surface area contributed by atoms with E-state index in [-0.39, 0.29) is 5.91 Å². The van der Waals surface area contributed by atoms with Gasteiger partial charge in [-0.05, 0) is 6.92 Å². The van der Waals surface area contributed by atoms with E-state index < -0.39 is 0 Å². The highest BCUT2D eigenvalue weighted by atomic mass is 16.2. The predicted octanol–water partition coefficient (Wildman–Crippen LogP) is 2.23. The van der Waals surface area contributed by atoms with Crippen molar-refractivity contribution in [3.8, 4) is 0 Å². The van der Waals surface area contributed by atoms with Gasteiger partial charge in [-0.3, -0.25) is 4.79 Å². The number of nitrogens with zero attached hydrogens (tertiary/aromatic N) is 1. The van der Waals surface area contributed by atoms with Gasteiger partial charge in [-0.15, -0.1) is 0 Å². The van der Waals surface area contributed by atoms with E-state index in [2.05, 4.69) is 6.58 Å². The first-order valence-corrected chi connectivity index (χ1v) is 4.09. The number of likely N-dealkylation sites (N-methyl/N-ethyl adjacent to an activating group) is 1. The van der Waals surface area contributed by atoms with Gasteiger partial charge < -0.3 is 4.90 Å². The fourth-order valence-corrected chi connectivity index (χ4v) is 0.363. The second-order valence-electron chi connectivity index (χ2n) is 2.41. The van der Waals surface area contributed by atoms with Gasteiger partial charge in [0, 0.05) is 20.2 Å². The first-order chi connectivity index (χ1) is 5.54. The van der Waals surface area contributed by atoms with E-state index in [9.17, 15) is 4.79 Å². The van der Waals surface area contributed by atoms with Crippen LogP contribution in [0.3, 0.4) is 0 Å². The summed E-state index contributed by atoms with van der Waals surface area (Å²) in [5.41, 5.74) is 0.884. The van der Waals surface area contributed by atoms with Crippen molar-refractivity contribution in [2.75, 3.05) is 14.1 Å². The third-order valence-corrected chi connectivity index (χ3v) is 0.951. The van der Waals surface area contributed by atoms with Gasteiger partial charge in [-0.2, -0.15) is 0 Å². The maximum Gasteiger partial charge on any atom is 0.246 e. The summed E-state index contributed by atoms with van der Waals surface area (Å²) >= 11 is 0. The van der Waals surface area contributed by atoms with Crippen LogP contribution in [-0.4, -0.2) is 24.9 Å². The van der Waals surface area contributed by atoms with Crippen molar-refractivity contribution in [1.82, 2.24) is 4.90 Å². The zero-order valence-corrected chi connectivity index (χ0v) is 8.72. The van der Waals surface area contributed by atoms with Crippen LogP contribution in [0.1, 0.15) is 20.8 Å². The molecule has 70 valence electrons. The smallest absolute Gasteiger partial charge is 0.246 e. The molecule has 2 heteroatoms. The fraction of sp³-hybridized carbons (Fsp3) is 0.500. The van der Waals surface area contributed by atoms with E-state index in [0.29, 0.717) is 0 Å². The lowest BCUT2D eigenvalue weighted by Gasteiger charge is -2.04. The molecule has 0 aromatic heterocycles. The lowest BCUT2D eigenvalue weighted by atomic mass is 10.3. The summed E-state index contributed by atoms with van der Waals surface area (Å²) in [5, 5.41) is 0. The molecule has 0 aromatic rings. The summed E-state index contributed by atoms with van der Waals surface area (Å²) in [6.07, 6.45) is 3.20. The third kappa shape index (κ3) is 8.95. The Morgan fingerprint density at radius 2 is 1.67 bits per heavy atom. The Balaban J connectivity index is 0. The molecule has 0 aliphatic carbocycles. The molecular weight excluding hydrogens is 150 g/mol. The SMILES string of the molecule is C=C(C)/C=C\C(=O)N(C)C.CC. The topological polar surface area (TPSA) is 20.3 Å². The van der Waals surface area contributed by atoms with Crippen LogP contribution in [0.25, 0.3) is 0 Å². The minimum absolute atomic E-state index is 0.0111. The molecule has 0 bridgehead atoms. The summed E-state index contributed by atoms with van der Waals surface area (Å²) in [6.45, 7) is 9.48. The lowest BCUT2D eigenvalue weighted by Crippen LogP contribution is -2.18. The monoisotopic (exact) mass is 169 g/mol. The number of carbonyl (C=O) groups is 1. The molecule has 0 aliphatic rings. The number of rotatable bonds is 2. The lowest BCUT2D eigenvalue weighted by molar-refractivity contribution is -0.123. The summed E-state index contributed by atoms with van der Waals surface area (Å²) in [6, 6.07) is 0. The van der Waals surface area contributed by atoms with Crippen LogP contribution in [0.2, 0.25) is 0 Å². The molecule has 0 N–H and O–H groups in total. The molecule has 0 rings (SSSR count). The van der Waals surface area contributed by atoms with Crippen LogP contribution >= 0.6 is 0 Å². The maximum atomic E-state index is 10.8. The van der Waals surface area contributed by atoms with E-state index in [0.717, 1.165) is 5.57 Å². The van der Waals surface area contributed by atoms with Crippen LogP contribution in [-0.2, 0) is 4.79 Å². The Morgan fingerprint density at radius 1 is 1.25 bits per heavy atom. The van der Waals surface area contributed by atoms with Crippen LogP contribution in [0.15, 0.2) is 24.3 Å². The molecule has 1 amide bonds. The van der Waals surface area contributed by atoms with Gasteiger partial charge in [0.25, 0.3) is 0 Å². The second kappa shape index (κ2) is 8.05. The van der Waals surface area contributed by atoms with Crippen molar-refractivity contribution in [2.24, 2.45) is 0 Å². The first-order valence-electron chi connectivity index (χ1n) is 4.09. The summed E-state index contributed by atoms with van der Waals surface area (Å²) in [7, 11) is 3.43. The van der Waals surface area contributed by atoms with Crippen molar-refractivity contribution in [3.05, 3.63) is 24.3 Å². The molecule has 2 nitrogen and oxygen atoms in total. The molecule has 0 spiro atoms. The van der Waals surface area contributed by atoms with Crippen molar-refractivity contribution in [1.29, 1.82) is 0 Å². The van der Waals surface area contributed by atoms with E-state index in [1.807, 2.05) is 20.8 Å². The Morgan fingerprint density at radius 3 is 1.92 bits per heavy atom. The minimum atomic E-state index is -0.0111. The molecule has 0 aliphatic heterocycles. The quantitative estimate of drug-likeness (QED) is 0.458. The Hall–Kier alpha value is -1.05. The molecule has 0 heterocycles. The maximum absolute atomic E-state index is 10.8. The van der Waals surface area contributed by atoms with Crippen molar-refractivity contribution < 1.29 is 4.79 Å². The van der Waals surface area contributed by atoms with Crippen LogP contribution in [0, 0.1) is 0 Å². The molecule has 0 saturated heterocycles. The average molecular weight is 169 g/mol. The third-order valence-electron chi connectivity index (χ3n) is 0.951.